The molecule has 0 unspecified atom stereocenters. The highest BCUT2D eigenvalue weighted by Crippen LogP contribution is 2.19. The number of hydrogen-bond donors (Lipinski definition) is 0. The maximum Gasteiger partial charge on any atom is 0.239 e. The Bertz CT molecular complexity index is 702. The topological polar surface area (TPSA) is 49.3 Å². The SMILES string of the molecule is CCN1CCN(Cc2cnc(-c3ccc(Cl)cc3)nc2)[C@@H](C)C1=O. The largest absolute Gasteiger partial charge is 0.340 e. The first kappa shape index (κ1) is 16.9. The van der Waals surface area contributed by atoms with Gasteiger partial charge in [0.1, 0.15) is 0 Å². The first-order valence-corrected chi connectivity index (χ1v) is 8.56. The van der Waals surface area contributed by atoms with Crippen LogP contribution < -0.4 is 0 Å². The summed E-state index contributed by atoms with van der Waals surface area (Å²) < 4.78 is 0. The highest BCUT2D eigenvalue weighted by molar-refractivity contribution is 6.30. The van der Waals surface area contributed by atoms with Gasteiger partial charge in [0, 0.05) is 54.7 Å². The maximum absolute atomic E-state index is 12.3. The summed E-state index contributed by atoms with van der Waals surface area (Å²) >= 11 is 5.90. The van der Waals surface area contributed by atoms with Crippen molar-refractivity contribution in [3.63, 3.8) is 0 Å². The number of nitrogens with zero attached hydrogens (tertiary/aromatic N) is 4. The third kappa shape index (κ3) is 3.57. The number of hydrogen-bond acceptors (Lipinski definition) is 4. The molecule has 2 heterocycles. The second kappa shape index (κ2) is 7.28. The van der Waals surface area contributed by atoms with Crippen LogP contribution in [-0.2, 0) is 11.3 Å². The van der Waals surface area contributed by atoms with E-state index in [2.05, 4.69) is 14.9 Å². The molecule has 2 aromatic rings. The number of benzene rings is 1. The molecule has 1 saturated heterocycles. The first-order valence-electron chi connectivity index (χ1n) is 8.18. The lowest BCUT2D eigenvalue weighted by molar-refractivity contribution is -0.141. The quantitative estimate of drug-likeness (QED) is 0.855. The molecule has 0 radical (unpaired) electrons. The smallest absolute Gasteiger partial charge is 0.239 e. The Balaban J connectivity index is 1.68. The van der Waals surface area contributed by atoms with Gasteiger partial charge in [0.2, 0.25) is 5.91 Å². The summed E-state index contributed by atoms with van der Waals surface area (Å²) in [6.07, 6.45) is 3.67. The first-order chi connectivity index (χ1) is 11.6. The summed E-state index contributed by atoms with van der Waals surface area (Å²) in [6, 6.07) is 7.36. The summed E-state index contributed by atoms with van der Waals surface area (Å²) in [5.41, 5.74) is 1.95. The lowest BCUT2D eigenvalue weighted by Crippen LogP contribution is -2.55. The van der Waals surface area contributed by atoms with Crippen LogP contribution in [0, 0.1) is 0 Å². The van der Waals surface area contributed by atoms with Crippen LogP contribution in [0.25, 0.3) is 11.4 Å². The zero-order valence-corrected chi connectivity index (χ0v) is 14.7. The van der Waals surface area contributed by atoms with E-state index < -0.39 is 0 Å². The van der Waals surface area contributed by atoms with Crippen molar-refractivity contribution in [3.05, 3.63) is 47.2 Å². The second-order valence-electron chi connectivity index (χ2n) is 5.99. The standard InChI is InChI=1S/C18H21ClN4O/c1-3-22-8-9-23(13(2)18(22)24)12-14-10-20-17(21-11-14)15-4-6-16(19)7-5-15/h4-7,10-11,13H,3,8-9,12H2,1-2H3/t13-/m0/s1. The third-order valence-electron chi connectivity index (χ3n) is 4.45. The fourth-order valence-electron chi connectivity index (χ4n) is 2.92. The highest BCUT2D eigenvalue weighted by atomic mass is 35.5. The van der Waals surface area contributed by atoms with Gasteiger partial charge in [0.05, 0.1) is 6.04 Å². The molecule has 24 heavy (non-hydrogen) atoms. The van der Waals surface area contributed by atoms with Crippen LogP contribution in [0.2, 0.25) is 5.02 Å². The number of piperazine rings is 1. The highest BCUT2D eigenvalue weighted by Gasteiger charge is 2.30. The summed E-state index contributed by atoms with van der Waals surface area (Å²) in [4.78, 5) is 25.2. The lowest BCUT2D eigenvalue weighted by atomic mass is 10.1. The van der Waals surface area contributed by atoms with E-state index in [0.717, 1.165) is 30.8 Å². The Hall–Kier alpha value is -1.98. The van der Waals surface area contributed by atoms with E-state index in [1.165, 1.54) is 0 Å². The molecule has 0 bridgehead atoms. The third-order valence-corrected chi connectivity index (χ3v) is 4.70. The minimum atomic E-state index is -0.102. The number of carbonyl (C=O) groups is 1. The van der Waals surface area contributed by atoms with Gasteiger partial charge in [-0.05, 0) is 38.1 Å². The van der Waals surface area contributed by atoms with Crippen molar-refractivity contribution in [2.24, 2.45) is 0 Å². The monoisotopic (exact) mass is 344 g/mol. The molecule has 1 aliphatic rings. The molecule has 3 rings (SSSR count). The normalized spacial score (nSPS) is 18.9. The molecule has 1 fully saturated rings. The molecule has 126 valence electrons. The molecule has 0 aliphatic carbocycles. The van der Waals surface area contributed by atoms with Gasteiger partial charge in [-0.1, -0.05) is 11.6 Å². The van der Waals surface area contributed by atoms with Gasteiger partial charge in [-0.25, -0.2) is 9.97 Å². The van der Waals surface area contributed by atoms with Crippen molar-refractivity contribution in [1.29, 1.82) is 0 Å². The van der Waals surface area contributed by atoms with Crippen molar-refractivity contribution >= 4 is 17.5 Å². The zero-order chi connectivity index (χ0) is 17.1. The van der Waals surface area contributed by atoms with Crippen molar-refractivity contribution < 1.29 is 4.79 Å². The average Bonchev–Trinajstić information content (AvgIpc) is 2.61. The van der Waals surface area contributed by atoms with Crippen LogP contribution in [0.1, 0.15) is 19.4 Å². The molecule has 1 aromatic carbocycles. The number of likely N-dealkylation sites (N-methyl/N-ethyl adjacent to an activating group) is 1. The Morgan fingerprint density at radius 2 is 1.83 bits per heavy atom. The van der Waals surface area contributed by atoms with Crippen LogP contribution >= 0.6 is 11.6 Å². The fourth-order valence-corrected chi connectivity index (χ4v) is 3.05. The summed E-state index contributed by atoms with van der Waals surface area (Å²) in [5, 5.41) is 0.695. The van der Waals surface area contributed by atoms with Crippen molar-refractivity contribution in [1.82, 2.24) is 19.8 Å². The zero-order valence-electron chi connectivity index (χ0n) is 13.9. The summed E-state index contributed by atoms with van der Waals surface area (Å²) in [5.74, 6) is 0.873. The number of amides is 1. The van der Waals surface area contributed by atoms with Crippen molar-refractivity contribution in [2.45, 2.75) is 26.4 Å². The van der Waals surface area contributed by atoms with Gasteiger partial charge in [-0.3, -0.25) is 9.69 Å². The van der Waals surface area contributed by atoms with Gasteiger partial charge in [0.15, 0.2) is 5.82 Å². The second-order valence-corrected chi connectivity index (χ2v) is 6.42. The molecule has 1 atom stereocenters. The molecule has 1 amide bonds. The van der Waals surface area contributed by atoms with Crippen LogP contribution in [0.3, 0.4) is 0 Å². The molecule has 1 aliphatic heterocycles. The molecule has 0 N–H and O–H groups in total. The van der Waals surface area contributed by atoms with E-state index in [9.17, 15) is 4.79 Å². The molecule has 1 aromatic heterocycles. The fraction of sp³-hybridized carbons (Fsp3) is 0.389. The Labute approximate surface area is 147 Å². The Morgan fingerprint density at radius 1 is 1.17 bits per heavy atom. The minimum absolute atomic E-state index is 0.102. The maximum atomic E-state index is 12.3. The molecule has 0 spiro atoms. The van der Waals surface area contributed by atoms with E-state index in [1.807, 2.05) is 55.4 Å². The van der Waals surface area contributed by atoms with Gasteiger partial charge >= 0.3 is 0 Å². The number of halogens is 1. The van der Waals surface area contributed by atoms with Crippen LogP contribution in [0.15, 0.2) is 36.7 Å². The summed E-state index contributed by atoms with van der Waals surface area (Å²) in [6.45, 7) is 7.10. The van der Waals surface area contributed by atoms with Crippen molar-refractivity contribution in [3.8, 4) is 11.4 Å². The molecule has 6 heteroatoms. The van der Waals surface area contributed by atoms with E-state index >= 15 is 0 Å². The average molecular weight is 345 g/mol. The molecule has 5 nitrogen and oxygen atoms in total. The lowest BCUT2D eigenvalue weighted by Gasteiger charge is -2.38. The molecule has 0 saturated carbocycles. The Morgan fingerprint density at radius 3 is 2.46 bits per heavy atom. The number of carbonyl (C=O) groups excluding carboxylic acids is 1. The van der Waals surface area contributed by atoms with Crippen LogP contribution in [0.4, 0.5) is 0 Å². The Kier molecular flexibility index (Phi) is 5.11. The van der Waals surface area contributed by atoms with Gasteiger partial charge in [-0.15, -0.1) is 0 Å². The van der Waals surface area contributed by atoms with Gasteiger partial charge < -0.3 is 4.90 Å². The van der Waals surface area contributed by atoms with Crippen LogP contribution in [0.5, 0.6) is 0 Å². The molecular weight excluding hydrogens is 324 g/mol. The van der Waals surface area contributed by atoms with Gasteiger partial charge in [0.25, 0.3) is 0 Å². The number of rotatable bonds is 4. The summed E-state index contributed by atoms with van der Waals surface area (Å²) in [7, 11) is 0. The van der Waals surface area contributed by atoms with Crippen molar-refractivity contribution in [2.75, 3.05) is 19.6 Å². The van der Waals surface area contributed by atoms with E-state index in [-0.39, 0.29) is 11.9 Å². The molecular formula is C18H21ClN4O. The minimum Gasteiger partial charge on any atom is -0.340 e. The van der Waals surface area contributed by atoms with Gasteiger partial charge in [-0.2, -0.15) is 0 Å². The number of aromatic nitrogens is 2. The van der Waals surface area contributed by atoms with Crippen LogP contribution in [-0.4, -0.2) is 51.4 Å². The predicted octanol–water partition coefficient (Wildman–Crippen LogP) is 2.85. The van der Waals surface area contributed by atoms with E-state index in [1.54, 1.807) is 0 Å². The van der Waals surface area contributed by atoms with E-state index in [4.69, 9.17) is 11.6 Å². The van der Waals surface area contributed by atoms with E-state index in [0.29, 0.717) is 17.4 Å². The predicted molar refractivity (Wildman–Crippen MR) is 94.6 cm³/mol.